The van der Waals surface area contributed by atoms with Crippen molar-refractivity contribution in [3.63, 3.8) is 0 Å². The summed E-state index contributed by atoms with van der Waals surface area (Å²) in [5, 5.41) is 2.37. The standard InChI is InChI=1S/C11H14F2N2O2/c1-6(5-14)11(16)15-7-3-8(12)10(17-2)9(13)4-7/h3-4,6H,5,14H2,1-2H3,(H,15,16). The third kappa shape index (κ3) is 3.13. The Balaban J connectivity index is 2.90. The average molecular weight is 244 g/mol. The SMILES string of the molecule is COc1c(F)cc(NC(=O)C(C)CN)cc1F. The molecule has 4 nitrogen and oxygen atoms in total. The van der Waals surface area contributed by atoms with E-state index in [1.807, 2.05) is 0 Å². The zero-order chi connectivity index (χ0) is 13.0. The minimum absolute atomic E-state index is 0.0334. The maximum atomic E-state index is 13.3. The van der Waals surface area contributed by atoms with E-state index in [-0.39, 0.29) is 12.2 Å². The summed E-state index contributed by atoms with van der Waals surface area (Å²) in [5.74, 6) is -3.04. The number of carbonyl (C=O) groups excluding carboxylic acids is 1. The minimum Gasteiger partial charge on any atom is -0.491 e. The van der Waals surface area contributed by atoms with E-state index in [1.54, 1.807) is 6.92 Å². The van der Waals surface area contributed by atoms with Crippen LogP contribution in [0, 0.1) is 17.6 Å². The van der Waals surface area contributed by atoms with Gasteiger partial charge >= 0.3 is 0 Å². The summed E-state index contributed by atoms with van der Waals surface area (Å²) in [6.07, 6.45) is 0. The van der Waals surface area contributed by atoms with Gasteiger partial charge in [0.1, 0.15) is 0 Å². The Morgan fingerprint density at radius 3 is 2.41 bits per heavy atom. The number of benzene rings is 1. The molecule has 1 unspecified atom stereocenters. The number of carbonyl (C=O) groups is 1. The van der Waals surface area contributed by atoms with Crippen LogP contribution < -0.4 is 15.8 Å². The number of hydrogen-bond donors (Lipinski definition) is 2. The Bertz CT molecular complexity index is 401. The molecule has 3 N–H and O–H groups in total. The lowest BCUT2D eigenvalue weighted by Gasteiger charge is -2.11. The second-order valence-corrected chi connectivity index (χ2v) is 3.60. The van der Waals surface area contributed by atoms with Crippen LogP contribution in [0.3, 0.4) is 0 Å². The smallest absolute Gasteiger partial charge is 0.228 e. The lowest BCUT2D eigenvalue weighted by atomic mass is 10.1. The van der Waals surface area contributed by atoms with Gasteiger partial charge in [0, 0.05) is 30.3 Å². The quantitative estimate of drug-likeness (QED) is 0.843. The number of halogens is 2. The molecule has 0 aliphatic rings. The molecule has 1 aromatic carbocycles. The molecule has 0 aromatic heterocycles. The van der Waals surface area contributed by atoms with E-state index >= 15 is 0 Å². The van der Waals surface area contributed by atoms with Crippen molar-refractivity contribution in [2.24, 2.45) is 11.7 Å². The zero-order valence-corrected chi connectivity index (χ0v) is 9.59. The molecule has 1 amide bonds. The molecule has 0 radical (unpaired) electrons. The van der Waals surface area contributed by atoms with Gasteiger partial charge in [0.15, 0.2) is 17.4 Å². The molecule has 1 rings (SSSR count). The van der Waals surface area contributed by atoms with E-state index in [9.17, 15) is 13.6 Å². The van der Waals surface area contributed by atoms with E-state index in [2.05, 4.69) is 10.1 Å². The summed E-state index contributed by atoms with van der Waals surface area (Å²) < 4.78 is 31.1. The molecule has 0 aliphatic carbocycles. The van der Waals surface area contributed by atoms with Crippen LogP contribution in [0.15, 0.2) is 12.1 Å². The number of anilines is 1. The van der Waals surface area contributed by atoms with Crippen LogP contribution in [0.4, 0.5) is 14.5 Å². The van der Waals surface area contributed by atoms with Gasteiger partial charge in [-0.25, -0.2) is 8.78 Å². The molecule has 0 spiro atoms. The first kappa shape index (κ1) is 13.4. The molecule has 17 heavy (non-hydrogen) atoms. The number of amides is 1. The summed E-state index contributed by atoms with van der Waals surface area (Å²) in [4.78, 5) is 11.5. The zero-order valence-electron chi connectivity index (χ0n) is 9.59. The average Bonchev–Trinajstić information content (AvgIpc) is 2.27. The van der Waals surface area contributed by atoms with Crippen molar-refractivity contribution < 1.29 is 18.3 Å². The maximum Gasteiger partial charge on any atom is 0.228 e. The van der Waals surface area contributed by atoms with Gasteiger partial charge in [-0.1, -0.05) is 6.92 Å². The first-order valence-electron chi connectivity index (χ1n) is 5.03. The fourth-order valence-electron chi connectivity index (χ4n) is 1.20. The molecule has 94 valence electrons. The molecule has 0 saturated heterocycles. The number of rotatable bonds is 4. The monoisotopic (exact) mass is 244 g/mol. The first-order chi connectivity index (χ1) is 7.99. The van der Waals surface area contributed by atoms with Crippen molar-refractivity contribution >= 4 is 11.6 Å². The van der Waals surface area contributed by atoms with Crippen molar-refractivity contribution in [2.45, 2.75) is 6.92 Å². The number of ether oxygens (including phenoxy) is 1. The van der Waals surface area contributed by atoms with Crippen LogP contribution >= 0.6 is 0 Å². The van der Waals surface area contributed by atoms with Gasteiger partial charge in [0.2, 0.25) is 5.91 Å². The Morgan fingerprint density at radius 2 is 2.00 bits per heavy atom. The predicted octanol–water partition coefficient (Wildman–Crippen LogP) is 1.51. The van der Waals surface area contributed by atoms with Crippen LogP contribution in [0.5, 0.6) is 5.75 Å². The highest BCUT2D eigenvalue weighted by Crippen LogP contribution is 2.25. The van der Waals surface area contributed by atoms with E-state index in [0.29, 0.717) is 0 Å². The Labute approximate surface area is 97.8 Å². The van der Waals surface area contributed by atoms with Crippen molar-refractivity contribution in [1.82, 2.24) is 0 Å². The summed E-state index contributed by atoms with van der Waals surface area (Å²) >= 11 is 0. The molecule has 1 aromatic rings. The molecule has 0 saturated carbocycles. The first-order valence-corrected chi connectivity index (χ1v) is 5.03. The third-order valence-corrected chi connectivity index (χ3v) is 2.27. The molecule has 0 bridgehead atoms. The number of nitrogens with one attached hydrogen (secondary N) is 1. The summed E-state index contributed by atoms with van der Waals surface area (Å²) in [6.45, 7) is 1.78. The van der Waals surface area contributed by atoms with E-state index in [1.165, 1.54) is 0 Å². The van der Waals surface area contributed by atoms with Crippen molar-refractivity contribution in [3.05, 3.63) is 23.8 Å². The normalized spacial score (nSPS) is 12.1. The molecule has 0 aliphatic heterocycles. The van der Waals surface area contributed by atoms with Gasteiger partial charge < -0.3 is 15.8 Å². The van der Waals surface area contributed by atoms with Gasteiger partial charge in [0.25, 0.3) is 0 Å². The highest BCUT2D eigenvalue weighted by atomic mass is 19.1. The third-order valence-electron chi connectivity index (χ3n) is 2.27. The van der Waals surface area contributed by atoms with Crippen LogP contribution in [0.2, 0.25) is 0 Å². The fourth-order valence-corrected chi connectivity index (χ4v) is 1.20. The molecule has 0 fully saturated rings. The largest absolute Gasteiger partial charge is 0.491 e. The van der Waals surface area contributed by atoms with E-state index in [0.717, 1.165) is 19.2 Å². The van der Waals surface area contributed by atoms with Crippen molar-refractivity contribution in [2.75, 3.05) is 19.0 Å². The van der Waals surface area contributed by atoms with Crippen molar-refractivity contribution in [3.8, 4) is 5.75 Å². The number of hydrogen-bond acceptors (Lipinski definition) is 3. The maximum absolute atomic E-state index is 13.3. The second-order valence-electron chi connectivity index (χ2n) is 3.60. The van der Waals surface area contributed by atoms with Crippen LogP contribution in [0.1, 0.15) is 6.92 Å². The van der Waals surface area contributed by atoms with Crippen LogP contribution in [0.25, 0.3) is 0 Å². The van der Waals surface area contributed by atoms with Gasteiger partial charge in [-0.3, -0.25) is 4.79 Å². The van der Waals surface area contributed by atoms with Gasteiger partial charge in [-0.15, -0.1) is 0 Å². The molecule has 0 heterocycles. The fraction of sp³-hybridized carbons (Fsp3) is 0.364. The molecule has 6 heteroatoms. The van der Waals surface area contributed by atoms with Crippen molar-refractivity contribution in [1.29, 1.82) is 0 Å². The molecular weight excluding hydrogens is 230 g/mol. The summed E-state index contributed by atoms with van der Waals surface area (Å²) in [6, 6.07) is 1.98. The number of methoxy groups -OCH3 is 1. The highest BCUT2D eigenvalue weighted by molar-refractivity contribution is 5.92. The van der Waals surface area contributed by atoms with Gasteiger partial charge in [-0.05, 0) is 0 Å². The lowest BCUT2D eigenvalue weighted by molar-refractivity contribution is -0.119. The van der Waals surface area contributed by atoms with E-state index in [4.69, 9.17) is 5.73 Å². The summed E-state index contributed by atoms with van der Waals surface area (Å²) in [5.41, 5.74) is 5.34. The molecule has 1 atom stereocenters. The predicted molar refractivity (Wildman–Crippen MR) is 59.8 cm³/mol. The van der Waals surface area contributed by atoms with Gasteiger partial charge in [0.05, 0.1) is 7.11 Å². The van der Waals surface area contributed by atoms with Crippen LogP contribution in [-0.2, 0) is 4.79 Å². The van der Waals surface area contributed by atoms with Gasteiger partial charge in [-0.2, -0.15) is 0 Å². The van der Waals surface area contributed by atoms with E-state index < -0.39 is 29.2 Å². The summed E-state index contributed by atoms with van der Waals surface area (Å²) in [7, 11) is 1.16. The topological polar surface area (TPSA) is 64.3 Å². The van der Waals surface area contributed by atoms with Crippen LogP contribution in [-0.4, -0.2) is 19.6 Å². The Kier molecular flexibility index (Phi) is 4.39. The Hall–Kier alpha value is -1.69. The molecular formula is C11H14F2N2O2. The second kappa shape index (κ2) is 5.58. The highest BCUT2D eigenvalue weighted by Gasteiger charge is 2.15. The lowest BCUT2D eigenvalue weighted by Crippen LogP contribution is -2.26. The Morgan fingerprint density at radius 1 is 1.47 bits per heavy atom. The minimum atomic E-state index is -0.872. The number of nitrogens with two attached hydrogens (primary N) is 1.